The summed E-state index contributed by atoms with van der Waals surface area (Å²) in [5, 5.41) is 1.19. The van der Waals surface area contributed by atoms with Gasteiger partial charge in [-0.2, -0.15) is 0 Å². The van der Waals surface area contributed by atoms with Crippen LogP contribution < -0.4 is 4.74 Å². The Morgan fingerprint density at radius 1 is 1.18 bits per heavy atom. The monoisotopic (exact) mass is 233 g/mol. The Morgan fingerprint density at radius 3 is 2.82 bits per heavy atom. The summed E-state index contributed by atoms with van der Waals surface area (Å²) < 4.78 is 13.1. The highest BCUT2D eigenvalue weighted by Gasteiger charge is 2.02. The molecule has 0 aliphatic rings. The second kappa shape index (κ2) is 5.73. The van der Waals surface area contributed by atoms with Crippen LogP contribution in [0.15, 0.2) is 30.5 Å². The van der Waals surface area contributed by atoms with Crippen molar-refractivity contribution in [1.29, 1.82) is 0 Å². The highest BCUT2D eigenvalue weighted by atomic mass is 16.5. The van der Waals surface area contributed by atoms with Gasteiger partial charge in [-0.05, 0) is 37.6 Å². The van der Waals surface area contributed by atoms with E-state index < -0.39 is 0 Å². The number of hydrogen-bond acceptors (Lipinski definition) is 2. The molecule has 0 aliphatic carbocycles. The van der Waals surface area contributed by atoms with Gasteiger partial charge in [-0.3, -0.25) is 0 Å². The number of benzene rings is 1. The zero-order valence-electron chi connectivity index (χ0n) is 10.5. The van der Waals surface area contributed by atoms with Crippen molar-refractivity contribution in [3.05, 3.63) is 30.5 Å². The first-order valence-electron chi connectivity index (χ1n) is 6.14. The van der Waals surface area contributed by atoms with E-state index in [0.29, 0.717) is 6.73 Å². The van der Waals surface area contributed by atoms with Crippen LogP contribution in [0.5, 0.6) is 5.75 Å². The Balaban J connectivity index is 2.19. The van der Waals surface area contributed by atoms with Gasteiger partial charge in [-0.15, -0.1) is 0 Å². The average molecular weight is 233 g/mol. The molecule has 1 aromatic heterocycles. The first-order chi connectivity index (χ1) is 8.35. The van der Waals surface area contributed by atoms with Crippen molar-refractivity contribution in [2.75, 3.05) is 13.2 Å². The van der Waals surface area contributed by atoms with E-state index in [2.05, 4.69) is 29.7 Å². The molecule has 0 aliphatic heterocycles. The molecule has 1 heterocycles. The summed E-state index contributed by atoms with van der Waals surface area (Å²) in [5.41, 5.74) is 1.18. The van der Waals surface area contributed by atoms with Gasteiger partial charge in [0.15, 0.2) is 0 Å². The maximum atomic E-state index is 5.61. The summed E-state index contributed by atoms with van der Waals surface area (Å²) in [5.74, 6) is 0.938. The lowest BCUT2D eigenvalue weighted by atomic mass is 10.2. The minimum atomic E-state index is 0.606. The molecule has 0 radical (unpaired) electrons. The second-order valence-electron chi connectivity index (χ2n) is 3.98. The van der Waals surface area contributed by atoms with Gasteiger partial charge in [0.1, 0.15) is 12.5 Å². The van der Waals surface area contributed by atoms with Crippen molar-refractivity contribution >= 4 is 10.9 Å². The van der Waals surface area contributed by atoms with Crippen LogP contribution >= 0.6 is 0 Å². The molecule has 0 amide bonds. The van der Waals surface area contributed by atoms with E-state index in [9.17, 15) is 0 Å². The van der Waals surface area contributed by atoms with Crippen LogP contribution in [-0.2, 0) is 11.5 Å². The SMILES string of the molecule is CCCOc1ccc2c(ccn2COCC)c1. The Labute approximate surface area is 102 Å². The average Bonchev–Trinajstić information content (AvgIpc) is 2.76. The number of rotatable bonds is 6. The smallest absolute Gasteiger partial charge is 0.122 e. The molecule has 3 heteroatoms. The van der Waals surface area contributed by atoms with Crippen molar-refractivity contribution in [2.45, 2.75) is 27.0 Å². The predicted octanol–water partition coefficient (Wildman–Crippen LogP) is 3.42. The number of fused-ring (bicyclic) bond motifs is 1. The number of hydrogen-bond donors (Lipinski definition) is 0. The second-order valence-corrected chi connectivity index (χ2v) is 3.98. The summed E-state index contributed by atoms with van der Waals surface area (Å²) in [6.07, 6.45) is 3.08. The zero-order chi connectivity index (χ0) is 12.1. The first-order valence-corrected chi connectivity index (χ1v) is 6.14. The highest BCUT2D eigenvalue weighted by molar-refractivity contribution is 5.81. The maximum Gasteiger partial charge on any atom is 0.122 e. The molecule has 17 heavy (non-hydrogen) atoms. The van der Waals surface area contributed by atoms with E-state index in [4.69, 9.17) is 9.47 Å². The lowest BCUT2D eigenvalue weighted by Gasteiger charge is -2.07. The number of ether oxygens (including phenoxy) is 2. The fraction of sp³-hybridized carbons (Fsp3) is 0.429. The topological polar surface area (TPSA) is 23.4 Å². The van der Waals surface area contributed by atoms with E-state index >= 15 is 0 Å². The van der Waals surface area contributed by atoms with Gasteiger partial charge in [0, 0.05) is 18.2 Å². The standard InChI is InChI=1S/C14H19NO2/c1-3-9-17-13-5-6-14-12(10-13)7-8-15(14)11-16-4-2/h5-8,10H,3-4,9,11H2,1-2H3. The molecule has 0 atom stereocenters. The minimum absolute atomic E-state index is 0.606. The van der Waals surface area contributed by atoms with Crippen molar-refractivity contribution < 1.29 is 9.47 Å². The van der Waals surface area contributed by atoms with Gasteiger partial charge in [0.2, 0.25) is 0 Å². The molecule has 0 unspecified atom stereocenters. The van der Waals surface area contributed by atoms with Crippen molar-refractivity contribution in [2.24, 2.45) is 0 Å². The van der Waals surface area contributed by atoms with Crippen LogP contribution in [0.3, 0.4) is 0 Å². The maximum absolute atomic E-state index is 5.61. The quantitative estimate of drug-likeness (QED) is 0.763. The van der Waals surface area contributed by atoms with Gasteiger partial charge >= 0.3 is 0 Å². The van der Waals surface area contributed by atoms with Crippen molar-refractivity contribution in [3.8, 4) is 5.75 Å². The van der Waals surface area contributed by atoms with Gasteiger partial charge < -0.3 is 14.0 Å². The van der Waals surface area contributed by atoms with E-state index in [1.54, 1.807) is 0 Å². The summed E-state index contributed by atoms with van der Waals surface area (Å²) in [7, 11) is 0. The van der Waals surface area contributed by atoms with Crippen LogP contribution in [0.2, 0.25) is 0 Å². The molecule has 2 rings (SSSR count). The third kappa shape index (κ3) is 2.80. The molecular weight excluding hydrogens is 214 g/mol. The minimum Gasteiger partial charge on any atom is -0.494 e. The predicted molar refractivity (Wildman–Crippen MR) is 69.4 cm³/mol. The van der Waals surface area contributed by atoms with Crippen LogP contribution in [0, 0.1) is 0 Å². The fourth-order valence-electron chi connectivity index (χ4n) is 1.79. The normalized spacial score (nSPS) is 10.9. The molecule has 0 fully saturated rings. The summed E-state index contributed by atoms with van der Waals surface area (Å²) in [6, 6.07) is 8.26. The summed E-state index contributed by atoms with van der Waals surface area (Å²) in [4.78, 5) is 0. The Morgan fingerprint density at radius 2 is 2.06 bits per heavy atom. The molecule has 2 aromatic rings. The van der Waals surface area contributed by atoms with Gasteiger partial charge in [-0.1, -0.05) is 6.92 Å². The lowest BCUT2D eigenvalue weighted by Crippen LogP contribution is -2.00. The Kier molecular flexibility index (Phi) is 4.04. The zero-order valence-corrected chi connectivity index (χ0v) is 10.5. The highest BCUT2D eigenvalue weighted by Crippen LogP contribution is 2.22. The number of aromatic nitrogens is 1. The van der Waals surface area contributed by atoms with Crippen LogP contribution in [0.1, 0.15) is 20.3 Å². The lowest BCUT2D eigenvalue weighted by molar-refractivity contribution is 0.0909. The largest absolute Gasteiger partial charge is 0.494 e. The van der Waals surface area contributed by atoms with E-state index in [-0.39, 0.29) is 0 Å². The molecule has 0 N–H and O–H groups in total. The molecule has 0 saturated carbocycles. The van der Waals surface area contributed by atoms with Crippen LogP contribution in [-0.4, -0.2) is 17.8 Å². The van der Waals surface area contributed by atoms with Crippen molar-refractivity contribution in [1.82, 2.24) is 4.57 Å². The third-order valence-corrected chi connectivity index (χ3v) is 2.65. The summed E-state index contributed by atoms with van der Waals surface area (Å²) >= 11 is 0. The summed E-state index contributed by atoms with van der Waals surface area (Å²) in [6.45, 7) is 6.22. The molecule has 3 nitrogen and oxygen atoms in total. The number of nitrogens with zero attached hydrogens (tertiary/aromatic N) is 1. The first kappa shape index (κ1) is 12.0. The van der Waals surface area contributed by atoms with Crippen LogP contribution in [0.4, 0.5) is 0 Å². The van der Waals surface area contributed by atoms with Gasteiger partial charge in [-0.25, -0.2) is 0 Å². The van der Waals surface area contributed by atoms with Crippen molar-refractivity contribution in [3.63, 3.8) is 0 Å². The Bertz CT molecular complexity index is 476. The molecular formula is C14H19NO2. The molecule has 92 valence electrons. The van der Waals surface area contributed by atoms with E-state index in [1.165, 1.54) is 10.9 Å². The van der Waals surface area contributed by atoms with Gasteiger partial charge in [0.25, 0.3) is 0 Å². The molecule has 0 spiro atoms. The molecule has 0 saturated heterocycles. The molecule has 1 aromatic carbocycles. The van der Waals surface area contributed by atoms with Crippen LogP contribution in [0.25, 0.3) is 10.9 Å². The third-order valence-electron chi connectivity index (χ3n) is 2.65. The van der Waals surface area contributed by atoms with E-state index in [1.807, 2.05) is 19.2 Å². The van der Waals surface area contributed by atoms with Gasteiger partial charge in [0.05, 0.1) is 12.1 Å². The molecule has 0 bridgehead atoms. The fourth-order valence-corrected chi connectivity index (χ4v) is 1.79. The van der Waals surface area contributed by atoms with E-state index in [0.717, 1.165) is 25.4 Å². The Hall–Kier alpha value is -1.48.